The number of benzene rings is 1. The number of carbonyl (C=O) groups is 3. The first-order valence-electron chi connectivity index (χ1n) is 9.75. The quantitative estimate of drug-likeness (QED) is 0.266. The fourth-order valence-electron chi connectivity index (χ4n) is 3.46. The maximum absolute atomic E-state index is 12.9. The Kier molecular flexibility index (Phi) is 7.99. The summed E-state index contributed by atoms with van der Waals surface area (Å²) in [7, 11) is 0. The molecule has 0 unspecified atom stereocenters. The van der Waals surface area contributed by atoms with Crippen LogP contribution in [-0.4, -0.2) is 58.9 Å². The summed E-state index contributed by atoms with van der Waals surface area (Å²) in [6.07, 6.45) is 1.82. The molecule has 1 aromatic carbocycles. The average molecular weight is 403 g/mol. The number of nitrogens with two attached hydrogens (primary N) is 2. The van der Waals surface area contributed by atoms with Gasteiger partial charge in [0, 0.05) is 13.1 Å². The second-order valence-electron chi connectivity index (χ2n) is 7.17. The van der Waals surface area contributed by atoms with Crippen LogP contribution in [0.2, 0.25) is 0 Å². The highest BCUT2D eigenvalue weighted by atomic mass is 16.4. The van der Waals surface area contributed by atoms with Crippen molar-refractivity contribution in [1.29, 1.82) is 0 Å². The van der Waals surface area contributed by atoms with Crippen molar-refractivity contribution in [2.45, 2.75) is 50.6 Å². The summed E-state index contributed by atoms with van der Waals surface area (Å²) in [5.74, 6) is -2.14. The van der Waals surface area contributed by atoms with Gasteiger partial charge in [0.25, 0.3) is 0 Å². The fourth-order valence-corrected chi connectivity index (χ4v) is 3.46. The Hall–Kier alpha value is -3.10. The molecular formula is C20H29N5O4. The summed E-state index contributed by atoms with van der Waals surface area (Å²) in [6.45, 7) is 2.58. The lowest BCUT2D eigenvalue weighted by atomic mass is 9.99. The smallest absolute Gasteiger partial charge is 0.326 e. The van der Waals surface area contributed by atoms with Crippen molar-refractivity contribution in [1.82, 2.24) is 10.2 Å². The van der Waals surface area contributed by atoms with E-state index >= 15 is 0 Å². The Balaban J connectivity index is 1.99. The lowest BCUT2D eigenvalue weighted by Gasteiger charge is -2.28. The van der Waals surface area contributed by atoms with Gasteiger partial charge in [-0.25, -0.2) is 4.79 Å². The van der Waals surface area contributed by atoms with E-state index in [4.69, 9.17) is 11.5 Å². The molecule has 1 fully saturated rings. The molecule has 1 aromatic rings. The predicted molar refractivity (Wildman–Crippen MR) is 109 cm³/mol. The summed E-state index contributed by atoms with van der Waals surface area (Å²) in [4.78, 5) is 42.6. The number of hydrogen-bond donors (Lipinski definition) is 4. The number of rotatable bonds is 9. The second kappa shape index (κ2) is 10.4. The zero-order valence-corrected chi connectivity index (χ0v) is 16.6. The SMILES string of the molecule is C[C@H](C(=O)N1CCC[C@H]1C(=O)N[C@@H](CCCN=C(N)N)C(=O)O)c1ccccc1. The van der Waals surface area contributed by atoms with Gasteiger partial charge in [0.2, 0.25) is 11.8 Å². The number of hydrogen-bond acceptors (Lipinski definition) is 4. The van der Waals surface area contributed by atoms with Gasteiger partial charge in [0.1, 0.15) is 12.1 Å². The molecule has 0 bridgehead atoms. The van der Waals surface area contributed by atoms with Gasteiger partial charge >= 0.3 is 5.97 Å². The van der Waals surface area contributed by atoms with Gasteiger partial charge < -0.3 is 26.8 Å². The zero-order chi connectivity index (χ0) is 21.4. The summed E-state index contributed by atoms with van der Waals surface area (Å²) >= 11 is 0. The Morgan fingerprint density at radius 3 is 2.59 bits per heavy atom. The van der Waals surface area contributed by atoms with E-state index in [2.05, 4.69) is 10.3 Å². The molecule has 1 saturated heterocycles. The normalized spacial score (nSPS) is 18.0. The first kappa shape index (κ1) is 22.2. The monoisotopic (exact) mass is 403 g/mol. The van der Waals surface area contributed by atoms with Gasteiger partial charge in [-0.1, -0.05) is 30.3 Å². The number of carboxylic acids is 1. The number of aliphatic carboxylic acids is 1. The molecule has 158 valence electrons. The van der Waals surface area contributed by atoms with Crippen molar-refractivity contribution < 1.29 is 19.5 Å². The molecule has 3 atom stereocenters. The highest BCUT2D eigenvalue weighted by Crippen LogP contribution is 2.25. The highest BCUT2D eigenvalue weighted by Gasteiger charge is 2.37. The Morgan fingerprint density at radius 2 is 1.97 bits per heavy atom. The van der Waals surface area contributed by atoms with E-state index in [9.17, 15) is 19.5 Å². The maximum Gasteiger partial charge on any atom is 0.326 e. The van der Waals surface area contributed by atoms with Crippen molar-refractivity contribution in [2.24, 2.45) is 16.5 Å². The number of guanidine groups is 1. The van der Waals surface area contributed by atoms with Gasteiger partial charge in [-0.3, -0.25) is 14.6 Å². The van der Waals surface area contributed by atoms with E-state index in [0.29, 0.717) is 25.8 Å². The Bertz CT molecular complexity index is 748. The van der Waals surface area contributed by atoms with Gasteiger partial charge in [-0.05, 0) is 38.2 Å². The summed E-state index contributed by atoms with van der Waals surface area (Å²) in [6, 6.07) is 7.66. The molecule has 9 nitrogen and oxygen atoms in total. The van der Waals surface area contributed by atoms with E-state index in [1.54, 1.807) is 4.90 Å². The van der Waals surface area contributed by atoms with E-state index in [1.807, 2.05) is 37.3 Å². The average Bonchev–Trinajstić information content (AvgIpc) is 3.19. The fraction of sp³-hybridized carbons (Fsp3) is 0.500. The third kappa shape index (κ3) is 6.20. The van der Waals surface area contributed by atoms with E-state index in [1.165, 1.54) is 0 Å². The van der Waals surface area contributed by atoms with Crippen LogP contribution in [0.1, 0.15) is 44.1 Å². The number of aliphatic imine (C=N–C) groups is 1. The van der Waals surface area contributed by atoms with Gasteiger partial charge in [-0.15, -0.1) is 0 Å². The molecule has 2 rings (SSSR count). The molecule has 1 aliphatic heterocycles. The minimum absolute atomic E-state index is 0.0615. The third-order valence-electron chi connectivity index (χ3n) is 5.07. The molecular weight excluding hydrogens is 374 g/mol. The van der Waals surface area contributed by atoms with Crippen molar-refractivity contribution in [3.8, 4) is 0 Å². The molecule has 9 heteroatoms. The molecule has 0 aliphatic carbocycles. The third-order valence-corrected chi connectivity index (χ3v) is 5.07. The van der Waals surface area contributed by atoms with Gasteiger partial charge in [-0.2, -0.15) is 0 Å². The van der Waals surface area contributed by atoms with Crippen LogP contribution in [0, 0.1) is 0 Å². The van der Waals surface area contributed by atoms with Crippen LogP contribution in [0.4, 0.5) is 0 Å². The zero-order valence-electron chi connectivity index (χ0n) is 16.6. The van der Waals surface area contributed by atoms with Crippen molar-refractivity contribution in [3.63, 3.8) is 0 Å². The molecule has 29 heavy (non-hydrogen) atoms. The first-order valence-corrected chi connectivity index (χ1v) is 9.75. The van der Waals surface area contributed by atoms with Crippen molar-refractivity contribution in [2.75, 3.05) is 13.1 Å². The number of carboxylic acid groups (broad SMARTS) is 1. The lowest BCUT2D eigenvalue weighted by Crippen LogP contribution is -2.51. The van der Waals surface area contributed by atoms with Crippen LogP contribution in [-0.2, 0) is 14.4 Å². The largest absolute Gasteiger partial charge is 0.480 e. The van der Waals surface area contributed by atoms with E-state index < -0.39 is 24.0 Å². The summed E-state index contributed by atoms with van der Waals surface area (Å²) in [5, 5.41) is 12.0. The maximum atomic E-state index is 12.9. The van der Waals surface area contributed by atoms with Crippen LogP contribution in [0.15, 0.2) is 35.3 Å². The van der Waals surface area contributed by atoms with Gasteiger partial charge in [0.05, 0.1) is 5.92 Å². The molecule has 1 aliphatic rings. The van der Waals surface area contributed by atoms with Crippen molar-refractivity contribution >= 4 is 23.7 Å². The van der Waals surface area contributed by atoms with Crippen LogP contribution < -0.4 is 16.8 Å². The van der Waals surface area contributed by atoms with Crippen LogP contribution in [0.25, 0.3) is 0 Å². The molecule has 0 aromatic heterocycles. The van der Waals surface area contributed by atoms with Crippen LogP contribution in [0.3, 0.4) is 0 Å². The lowest BCUT2D eigenvalue weighted by molar-refractivity contribution is -0.144. The minimum Gasteiger partial charge on any atom is -0.480 e. The standard InChI is InChI=1S/C20H29N5O4/c1-13(14-7-3-2-4-8-14)18(27)25-12-6-10-16(25)17(26)24-15(19(28)29)9-5-11-23-20(21)22/h2-4,7-8,13,15-16H,5-6,9-12H2,1H3,(H,24,26)(H,28,29)(H4,21,22,23)/t13-,15-,16-/m0/s1. The molecule has 2 amide bonds. The number of amides is 2. The molecule has 0 radical (unpaired) electrons. The Morgan fingerprint density at radius 1 is 1.28 bits per heavy atom. The Labute approximate surface area is 170 Å². The number of likely N-dealkylation sites (tertiary alicyclic amines) is 1. The topological polar surface area (TPSA) is 151 Å². The summed E-state index contributed by atoms with van der Waals surface area (Å²) < 4.78 is 0. The van der Waals surface area contributed by atoms with Crippen molar-refractivity contribution in [3.05, 3.63) is 35.9 Å². The number of nitrogens with zero attached hydrogens (tertiary/aromatic N) is 2. The van der Waals surface area contributed by atoms with E-state index in [0.717, 1.165) is 5.56 Å². The van der Waals surface area contributed by atoms with E-state index in [-0.39, 0.29) is 30.8 Å². The first-order chi connectivity index (χ1) is 13.8. The van der Waals surface area contributed by atoms with Crippen LogP contribution in [0.5, 0.6) is 0 Å². The minimum atomic E-state index is -1.13. The highest BCUT2D eigenvalue weighted by molar-refractivity contribution is 5.92. The molecule has 0 spiro atoms. The number of nitrogens with one attached hydrogen (secondary N) is 1. The van der Waals surface area contributed by atoms with Crippen LogP contribution >= 0.6 is 0 Å². The second-order valence-corrected chi connectivity index (χ2v) is 7.17. The number of carbonyl (C=O) groups excluding carboxylic acids is 2. The van der Waals surface area contributed by atoms with Gasteiger partial charge in [0.15, 0.2) is 5.96 Å². The predicted octanol–water partition coefficient (Wildman–Crippen LogP) is 0.404. The molecule has 1 heterocycles. The summed E-state index contributed by atoms with van der Waals surface area (Å²) in [5.41, 5.74) is 11.4. The molecule has 0 saturated carbocycles. The molecule has 6 N–H and O–H groups in total.